The lowest BCUT2D eigenvalue weighted by Crippen LogP contribution is -2.13. The lowest BCUT2D eigenvalue weighted by molar-refractivity contribution is 0.0994. The fourth-order valence-corrected chi connectivity index (χ4v) is 0.710. The molecule has 0 bridgehead atoms. The predicted octanol–water partition coefficient (Wildman–Crippen LogP) is 0.237. The number of carboxylic acid groups (broad SMARTS) is 1. The lowest BCUT2D eigenvalue weighted by Gasteiger charge is -1.99. The Kier molecular flexibility index (Phi) is 2.44. The molecule has 0 atom stereocenters. The van der Waals surface area contributed by atoms with E-state index in [1.807, 2.05) is 0 Å². The molecule has 6 nitrogen and oxygen atoms in total. The molecule has 1 aromatic rings. The number of aromatic nitrogens is 1. The van der Waals surface area contributed by atoms with E-state index in [-0.39, 0.29) is 11.4 Å². The molecule has 3 N–H and O–H groups in total. The number of pyridine rings is 1. The third kappa shape index (κ3) is 2.44. The minimum absolute atomic E-state index is 0.0105. The summed E-state index contributed by atoms with van der Waals surface area (Å²) in [7, 11) is 0. The Morgan fingerprint density at radius 2 is 2.23 bits per heavy atom. The molecule has 0 saturated carbocycles. The quantitative estimate of drug-likeness (QED) is 0.637. The predicted molar refractivity (Wildman–Crippen MR) is 41.4 cm³/mol. The van der Waals surface area contributed by atoms with Crippen molar-refractivity contribution in [3.63, 3.8) is 0 Å². The van der Waals surface area contributed by atoms with Crippen molar-refractivity contribution in [2.75, 3.05) is 0 Å². The van der Waals surface area contributed by atoms with E-state index in [1.165, 1.54) is 12.3 Å². The van der Waals surface area contributed by atoms with Crippen LogP contribution in [-0.2, 0) is 0 Å². The number of ether oxygens (including phenoxy) is 1. The number of amides is 1. The van der Waals surface area contributed by atoms with E-state index in [4.69, 9.17) is 10.8 Å². The number of carbonyl (C=O) groups excluding carboxylic acids is 1. The molecule has 0 saturated heterocycles. The van der Waals surface area contributed by atoms with Gasteiger partial charge in [0.2, 0.25) is 0 Å². The standard InChI is InChI=1S/C7H6N2O4/c8-6(10)5-3-4(1-2-9-5)13-7(11)12/h1-3H,(H2,8,10)(H,11,12). The number of rotatable bonds is 2. The third-order valence-corrected chi connectivity index (χ3v) is 1.19. The van der Waals surface area contributed by atoms with Crippen LogP contribution >= 0.6 is 0 Å². The highest BCUT2D eigenvalue weighted by molar-refractivity contribution is 5.91. The van der Waals surface area contributed by atoms with Gasteiger partial charge in [0.15, 0.2) is 0 Å². The zero-order chi connectivity index (χ0) is 9.84. The molecule has 0 aliphatic carbocycles. The molecule has 0 unspecified atom stereocenters. The van der Waals surface area contributed by atoms with Gasteiger partial charge in [-0.1, -0.05) is 0 Å². The Labute approximate surface area is 73.0 Å². The Bertz CT molecular complexity index is 350. The molecule has 0 radical (unpaired) electrons. The summed E-state index contributed by atoms with van der Waals surface area (Å²) in [5.41, 5.74) is 4.87. The topological polar surface area (TPSA) is 103 Å². The molecule has 0 aromatic carbocycles. The molecule has 0 aliphatic heterocycles. The van der Waals surface area contributed by atoms with Crippen LogP contribution in [-0.4, -0.2) is 22.2 Å². The Balaban J connectivity index is 2.91. The van der Waals surface area contributed by atoms with Gasteiger partial charge in [0, 0.05) is 12.3 Å². The van der Waals surface area contributed by atoms with Crippen LogP contribution in [0.4, 0.5) is 4.79 Å². The largest absolute Gasteiger partial charge is 0.511 e. The van der Waals surface area contributed by atoms with Crippen molar-refractivity contribution in [2.24, 2.45) is 5.73 Å². The van der Waals surface area contributed by atoms with Crippen LogP contribution in [0.3, 0.4) is 0 Å². The van der Waals surface area contributed by atoms with Crippen LogP contribution in [0.15, 0.2) is 18.3 Å². The molecular formula is C7H6N2O4. The highest BCUT2D eigenvalue weighted by atomic mass is 16.7. The summed E-state index contributed by atoms with van der Waals surface area (Å²) < 4.78 is 4.27. The van der Waals surface area contributed by atoms with Crippen LogP contribution in [0.2, 0.25) is 0 Å². The van der Waals surface area contributed by atoms with Gasteiger partial charge in [0.05, 0.1) is 0 Å². The Morgan fingerprint density at radius 3 is 2.77 bits per heavy atom. The van der Waals surface area contributed by atoms with E-state index in [1.54, 1.807) is 0 Å². The van der Waals surface area contributed by atoms with E-state index < -0.39 is 12.1 Å². The summed E-state index contributed by atoms with van der Waals surface area (Å²) in [5, 5.41) is 8.24. The maximum atomic E-state index is 10.6. The number of hydrogen-bond acceptors (Lipinski definition) is 4. The maximum absolute atomic E-state index is 10.6. The van der Waals surface area contributed by atoms with E-state index >= 15 is 0 Å². The van der Waals surface area contributed by atoms with Gasteiger partial charge in [0.25, 0.3) is 5.91 Å². The third-order valence-electron chi connectivity index (χ3n) is 1.19. The molecule has 0 fully saturated rings. The zero-order valence-corrected chi connectivity index (χ0v) is 6.43. The molecule has 6 heteroatoms. The highest BCUT2D eigenvalue weighted by Gasteiger charge is 2.05. The first-order valence-electron chi connectivity index (χ1n) is 3.26. The lowest BCUT2D eigenvalue weighted by atomic mass is 10.3. The van der Waals surface area contributed by atoms with Gasteiger partial charge >= 0.3 is 6.16 Å². The average Bonchev–Trinajstić information content (AvgIpc) is 2.03. The monoisotopic (exact) mass is 182 g/mol. The minimum Gasteiger partial charge on any atom is -0.449 e. The number of nitrogens with two attached hydrogens (primary N) is 1. The molecule has 0 aliphatic rings. The number of primary amides is 1. The minimum atomic E-state index is -1.46. The first kappa shape index (κ1) is 8.98. The van der Waals surface area contributed by atoms with E-state index in [0.29, 0.717) is 0 Å². The van der Waals surface area contributed by atoms with Gasteiger partial charge in [-0.15, -0.1) is 0 Å². The van der Waals surface area contributed by atoms with Crippen molar-refractivity contribution < 1.29 is 19.4 Å². The van der Waals surface area contributed by atoms with Crippen molar-refractivity contribution >= 4 is 12.1 Å². The molecule has 1 amide bonds. The first-order valence-corrected chi connectivity index (χ1v) is 3.26. The first-order chi connectivity index (χ1) is 6.09. The van der Waals surface area contributed by atoms with Crippen molar-refractivity contribution in [3.05, 3.63) is 24.0 Å². The molecule has 0 spiro atoms. The van der Waals surface area contributed by atoms with Crippen LogP contribution < -0.4 is 10.5 Å². The van der Waals surface area contributed by atoms with Crippen LogP contribution in [0, 0.1) is 0 Å². The second-order valence-electron chi connectivity index (χ2n) is 2.11. The van der Waals surface area contributed by atoms with Crippen LogP contribution in [0.1, 0.15) is 10.5 Å². The van der Waals surface area contributed by atoms with Crippen molar-refractivity contribution in [2.45, 2.75) is 0 Å². The van der Waals surface area contributed by atoms with Gasteiger partial charge in [-0.25, -0.2) is 4.79 Å². The Hall–Kier alpha value is -2.11. The van der Waals surface area contributed by atoms with E-state index in [9.17, 15) is 9.59 Å². The van der Waals surface area contributed by atoms with E-state index in [2.05, 4.69) is 9.72 Å². The Morgan fingerprint density at radius 1 is 1.54 bits per heavy atom. The molecule has 68 valence electrons. The summed E-state index contributed by atoms with van der Waals surface area (Å²) >= 11 is 0. The van der Waals surface area contributed by atoms with Gasteiger partial charge in [-0.2, -0.15) is 0 Å². The van der Waals surface area contributed by atoms with Crippen molar-refractivity contribution in [1.82, 2.24) is 4.98 Å². The van der Waals surface area contributed by atoms with Crippen LogP contribution in [0.5, 0.6) is 5.75 Å². The fourth-order valence-electron chi connectivity index (χ4n) is 0.710. The van der Waals surface area contributed by atoms with Gasteiger partial charge in [-0.3, -0.25) is 9.78 Å². The van der Waals surface area contributed by atoms with Gasteiger partial charge < -0.3 is 15.6 Å². The molecule has 13 heavy (non-hydrogen) atoms. The molecule has 1 heterocycles. The highest BCUT2D eigenvalue weighted by Crippen LogP contribution is 2.10. The van der Waals surface area contributed by atoms with Crippen molar-refractivity contribution in [3.8, 4) is 5.75 Å². The SMILES string of the molecule is NC(=O)c1cc(OC(=O)O)ccn1. The molecule has 1 rings (SSSR count). The van der Waals surface area contributed by atoms with Gasteiger partial charge in [-0.05, 0) is 6.07 Å². The fraction of sp³-hybridized carbons (Fsp3) is 0. The normalized spacial score (nSPS) is 9.23. The molecule has 1 aromatic heterocycles. The summed E-state index contributed by atoms with van der Waals surface area (Å²) in [5.74, 6) is -0.730. The van der Waals surface area contributed by atoms with Gasteiger partial charge in [0.1, 0.15) is 11.4 Å². The second-order valence-corrected chi connectivity index (χ2v) is 2.11. The summed E-state index contributed by atoms with van der Waals surface area (Å²) in [4.78, 5) is 24.3. The number of hydrogen-bond donors (Lipinski definition) is 2. The average molecular weight is 182 g/mol. The molecular weight excluding hydrogens is 176 g/mol. The van der Waals surface area contributed by atoms with Crippen molar-refractivity contribution in [1.29, 1.82) is 0 Å². The summed E-state index contributed by atoms with van der Waals surface area (Å²) in [6.45, 7) is 0. The summed E-state index contributed by atoms with van der Waals surface area (Å²) in [6, 6.07) is 2.46. The number of nitrogens with zero attached hydrogens (tertiary/aromatic N) is 1. The van der Waals surface area contributed by atoms with E-state index in [0.717, 1.165) is 6.07 Å². The summed E-state index contributed by atoms with van der Waals surface area (Å²) in [6.07, 6.45) is -0.222. The smallest absolute Gasteiger partial charge is 0.449 e. The van der Waals surface area contributed by atoms with Crippen LogP contribution in [0.25, 0.3) is 0 Å². The second kappa shape index (κ2) is 3.53. The zero-order valence-electron chi connectivity index (χ0n) is 6.43. The maximum Gasteiger partial charge on any atom is 0.511 e. The number of carbonyl (C=O) groups is 2.